The molecule has 2 aromatic rings. The minimum atomic E-state index is 0.745. The van der Waals surface area contributed by atoms with E-state index in [4.69, 9.17) is 0 Å². The van der Waals surface area contributed by atoms with Gasteiger partial charge in [0.2, 0.25) is 0 Å². The lowest BCUT2D eigenvalue weighted by Crippen LogP contribution is -2.15. The summed E-state index contributed by atoms with van der Waals surface area (Å²) in [6.07, 6.45) is 2.65. The average molecular weight is 237 g/mol. The molecule has 0 aliphatic heterocycles. The molecule has 3 rings (SSSR count). The molecule has 0 unspecified atom stereocenters. The van der Waals surface area contributed by atoms with Gasteiger partial charge >= 0.3 is 0 Å². The van der Waals surface area contributed by atoms with Crippen molar-refractivity contribution in [2.24, 2.45) is 0 Å². The third kappa shape index (κ3) is 2.25. The van der Waals surface area contributed by atoms with Crippen molar-refractivity contribution in [1.82, 2.24) is 15.3 Å². The zero-order valence-electron chi connectivity index (χ0n) is 8.14. The maximum Gasteiger partial charge on any atom is 0.143 e. The summed E-state index contributed by atoms with van der Waals surface area (Å²) in [4.78, 5) is 8.81. The highest BCUT2D eigenvalue weighted by Crippen LogP contribution is 2.24. The maximum absolute atomic E-state index is 4.55. The number of hydrogen-bond donors (Lipinski definition) is 1. The molecule has 0 bridgehead atoms. The van der Waals surface area contributed by atoms with Gasteiger partial charge < -0.3 is 5.32 Å². The van der Waals surface area contributed by atoms with Crippen molar-refractivity contribution in [3.8, 4) is 10.7 Å². The lowest BCUT2D eigenvalue weighted by atomic mass is 10.4. The zero-order chi connectivity index (χ0) is 10.1. The summed E-state index contributed by atoms with van der Waals surface area (Å²) in [5.74, 6) is 0. The van der Waals surface area contributed by atoms with Gasteiger partial charge in [-0.15, -0.1) is 22.7 Å². The summed E-state index contributed by atoms with van der Waals surface area (Å²) in [5, 5.41) is 8.64. The highest BCUT2D eigenvalue weighted by Gasteiger charge is 2.20. The van der Waals surface area contributed by atoms with Crippen molar-refractivity contribution in [3.63, 3.8) is 0 Å². The van der Waals surface area contributed by atoms with Gasteiger partial charge in [-0.05, 0) is 12.8 Å². The molecular weight excluding hydrogens is 226 g/mol. The van der Waals surface area contributed by atoms with E-state index in [9.17, 15) is 0 Å². The van der Waals surface area contributed by atoms with Crippen LogP contribution in [0.25, 0.3) is 10.7 Å². The molecule has 0 atom stereocenters. The second-order valence-electron chi connectivity index (χ2n) is 3.67. The Balaban J connectivity index is 1.69. The molecule has 0 aromatic carbocycles. The molecule has 0 amide bonds. The van der Waals surface area contributed by atoms with E-state index in [0.29, 0.717) is 0 Å². The summed E-state index contributed by atoms with van der Waals surface area (Å²) in [7, 11) is 0. The average Bonchev–Trinajstić information content (AvgIpc) is 2.78. The Kier molecular flexibility index (Phi) is 2.52. The van der Waals surface area contributed by atoms with E-state index >= 15 is 0 Å². The number of nitrogens with zero attached hydrogens (tertiary/aromatic N) is 2. The van der Waals surface area contributed by atoms with Gasteiger partial charge in [-0.1, -0.05) is 0 Å². The quantitative estimate of drug-likeness (QED) is 0.888. The van der Waals surface area contributed by atoms with E-state index in [1.807, 2.05) is 10.9 Å². The first-order valence-electron chi connectivity index (χ1n) is 4.98. The third-order valence-electron chi connectivity index (χ3n) is 2.35. The standard InChI is InChI=1S/C10H11N3S2/c1-2-7(1)11-3-8-4-15-10(13-8)9-5-14-6-12-9/h4-7,11H,1-3H2. The molecule has 2 heterocycles. The number of thiazole rings is 2. The molecule has 0 saturated heterocycles. The van der Waals surface area contributed by atoms with E-state index in [2.05, 4.69) is 20.7 Å². The summed E-state index contributed by atoms with van der Waals surface area (Å²) >= 11 is 3.28. The van der Waals surface area contributed by atoms with E-state index in [-0.39, 0.29) is 0 Å². The van der Waals surface area contributed by atoms with Crippen molar-refractivity contribution < 1.29 is 0 Å². The van der Waals surface area contributed by atoms with Crippen LogP contribution in [-0.4, -0.2) is 16.0 Å². The first-order chi connectivity index (χ1) is 7.42. The van der Waals surface area contributed by atoms with Gasteiger partial charge in [0.1, 0.15) is 10.7 Å². The van der Waals surface area contributed by atoms with E-state index in [1.165, 1.54) is 12.8 Å². The van der Waals surface area contributed by atoms with Gasteiger partial charge in [0.15, 0.2) is 0 Å². The van der Waals surface area contributed by atoms with Gasteiger partial charge in [0.25, 0.3) is 0 Å². The minimum Gasteiger partial charge on any atom is -0.308 e. The van der Waals surface area contributed by atoms with Crippen LogP contribution in [0.15, 0.2) is 16.3 Å². The van der Waals surface area contributed by atoms with Gasteiger partial charge in [-0.25, -0.2) is 9.97 Å². The molecule has 0 spiro atoms. The molecule has 2 aromatic heterocycles. The Morgan fingerprint density at radius 2 is 2.33 bits per heavy atom. The number of nitrogens with one attached hydrogen (secondary N) is 1. The second-order valence-corrected chi connectivity index (χ2v) is 5.25. The molecule has 3 nitrogen and oxygen atoms in total. The van der Waals surface area contributed by atoms with Gasteiger partial charge in [0, 0.05) is 23.3 Å². The topological polar surface area (TPSA) is 37.8 Å². The monoisotopic (exact) mass is 237 g/mol. The van der Waals surface area contributed by atoms with Crippen LogP contribution in [0.4, 0.5) is 0 Å². The Hall–Kier alpha value is -0.780. The van der Waals surface area contributed by atoms with Crippen molar-refractivity contribution in [2.45, 2.75) is 25.4 Å². The van der Waals surface area contributed by atoms with Gasteiger partial charge in [0.05, 0.1) is 11.2 Å². The predicted molar refractivity (Wildman–Crippen MR) is 63.1 cm³/mol. The Labute approximate surface area is 96.2 Å². The molecule has 1 aliphatic rings. The SMILES string of the molecule is c1nc(-c2nc(CNC3CC3)cs2)cs1. The molecule has 5 heteroatoms. The Morgan fingerprint density at radius 3 is 3.07 bits per heavy atom. The predicted octanol–water partition coefficient (Wildman–Crippen LogP) is 2.52. The molecule has 1 fully saturated rings. The highest BCUT2D eigenvalue weighted by atomic mass is 32.1. The largest absolute Gasteiger partial charge is 0.308 e. The van der Waals surface area contributed by atoms with Crippen LogP contribution < -0.4 is 5.32 Å². The summed E-state index contributed by atoms with van der Waals surface area (Å²) in [5.41, 5.74) is 3.98. The van der Waals surface area contributed by atoms with Crippen molar-refractivity contribution >= 4 is 22.7 Å². The van der Waals surface area contributed by atoms with Crippen LogP contribution in [0.1, 0.15) is 18.5 Å². The van der Waals surface area contributed by atoms with Crippen molar-refractivity contribution in [3.05, 3.63) is 22.0 Å². The van der Waals surface area contributed by atoms with Crippen LogP contribution in [0.5, 0.6) is 0 Å². The van der Waals surface area contributed by atoms with Gasteiger partial charge in [-0.2, -0.15) is 0 Å². The number of aromatic nitrogens is 2. The van der Waals surface area contributed by atoms with Crippen LogP contribution in [-0.2, 0) is 6.54 Å². The first kappa shape index (κ1) is 9.45. The van der Waals surface area contributed by atoms with Gasteiger partial charge in [-0.3, -0.25) is 0 Å². The summed E-state index contributed by atoms with van der Waals surface area (Å²) in [6, 6.07) is 0.745. The fourth-order valence-corrected chi connectivity index (χ4v) is 2.76. The van der Waals surface area contributed by atoms with Crippen LogP contribution in [0.3, 0.4) is 0 Å². The maximum atomic E-state index is 4.55. The molecule has 1 N–H and O–H groups in total. The molecule has 1 aliphatic carbocycles. The summed E-state index contributed by atoms with van der Waals surface area (Å²) < 4.78 is 0. The van der Waals surface area contributed by atoms with Crippen LogP contribution >= 0.6 is 22.7 Å². The zero-order valence-corrected chi connectivity index (χ0v) is 9.77. The van der Waals surface area contributed by atoms with Crippen LogP contribution in [0, 0.1) is 0 Å². The molecule has 78 valence electrons. The molecule has 0 radical (unpaired) electrons. The van der Waals surface area contributed by atoms with E-state index < -0.39 is 0 Å². The second kappa shape index (κ2) is 4.00. The fraction of sp³-hybridized carbons (Fsp3) is 0.400. The van der Waals surface area contributed by atoms with Crippen LogP contribution in [0.2, 0.25) is 0 Å². The lowest BCUT2D eigenvalue weighted by molar-refractivity contribution is 0.678. The fourth-order valence-electron chi connectivity index (χ4n) is 1.36. The first-order valence-corrected chi connectivity index (χ1v) is 6.80. The van der Waals surface area contributed by atoms with E-state index in [0.717, 1.165) is 29.0 Å². The lowest BCUT2D eigenvalue weighted by Gasteiger charge is -1.96. The third-order valence-corrected chi connectivity index (χ3v) is 3.85. The highest BCUT2D eigenvalue weighted by molar-refractivity contribution is 7.13. The Morgan fingerprint density at radius 1 is 1.40 bits per heavy atom. The molecular formula is C10H11N3S2. The Bertz CT molecular complexity index is 431. The smallest absolute Gasteiger partial charge is 0.143 e. The summed E-state index contributed by atoms with van der Waals surface area (Å²) in [6.45, 7) is 0.894. The number of rotatable bonds is 4. The molecule has 1 saturated carbocycles. The van der Waals surface area contributed by atoms with E-state index in [1.54, 1.807) is 22.7 Å². The minimum absolute atomic E-state index is 0.745. The van der Waals surface area contributed by atoms with Crippen molar-refractivity contribution in [2.75, 3.05) is 0 Å². The number of hydrogen-bond acceptors (Lipinski definition) is 5. The van der Waals surface area contributed by atoms with Crippen molar-refractivity contribution in [1.29, 1.82) is 0 Å². The molecule has 15 heavy (non-hydrogen) atoms. The normalized spacial score (nSPS) is 15.7.